The molecule has 21 heavy (non-hydrogen) atoms. The topological polar surface area (TPSA) is 73.3 Å². The smallest absolute Gasteiger partial charge is 0.335 e. The third-order valence-electron chi connectivity index (χ3n) is 3.57. The lowest BCUT2D eigenvalue weighted by Gasteiger charge is -2.04. The van der Waals surface area contributed by atoms with E-state index in [2.05, 4.69) is 4.98 Å². The fraction of sp³-hybridized carbons (Fsp3) is 0.118. The van der Waals surface area contributed by atoms with E-state index in [1.165, 1.54) is 0 Å². The van der Waals surface area contributed by atoms with E-state index >= 15 is 0 Å². The molecule has 0 aliphatic carbocycles. The molecular formula is C17H15NO3. The number of aliphatic hydroxyl groups excluding tert-OH is 1. The van der Waals surface area contributed by atoms with Crippen LogP contribution < -0.4 is 0 Å². The Hall–Kier alpha value is -2.59. The standard InChI is InChI=1S/C17H15NO3/c19-7-6-11-2-1-3-12(8-11)15-10-18-16-5-4-13(17(20)21)9-14(15)16/h1-5,8-10,18-19H,6-7H2,(H,20,21). The predicted octanol–water partition coefficient (Wildman–Crippen LogP) is 3.07. The number of carboxylic acids is 1. The average Bonchev–Trinajstić information content (AvgIpc) is 2.90. The molecule has 3 N–H and O–H groups in total. The lowest BCUT2D eigenvalue weighted by molar-refractivity contribution is 0.0697. The van der Waals surface area contributed by atoms with Crippen LogP contribution in [0.5, 0.6) is 0 Å². The fourth-order valence-corrected chi connectivity index (χ4v) is 2.52. The van der Waals surface area contributed by atoms with Gasteiger partial charge in [0.05, 0.1) is 5.56 Å². The van der Waals surface area contributed by atoms with E-state index in [0.29, 0.717) is 6.42 Å². The highest BCUT2D eigenvalue weighted by molar-refractivity contribution is 6.00. The number of aromatic carboxylic acids is 1. The number of aromatic nitrogens is 1. The Labute approximate surface area is 121 Å². The summed E-state index contributed by atoms with van der Waals surface area (Å²) in [5.41, 5.74) is 4.21. The van der Waals surface area contributed by atoms with Crippen LogP contribution in [0.4, 0.5) is 0 Å². The highest BCUT2D eigenvalue weighted by Crippen LogP contribution is 2.30. The van der Waals surface area contributed by atoms with Crippen molar-refractivity contribution in [2.45, 2.75) is 6.42 Å². The van der Waals surface area contributed by atoms with Crippen LogP contribution in [-0.2, 0) is 6.42 Å². The maximum Gasteiger partial charge on any atom is 0.335 e. The van der Waals surface area contributed by atoms with E-state index in [0.717, 1.165) is 27.6 Å². The maximum atomic E-state index is 11.1. The normalized spacial score (nSPS) is 10.9. The lowest BCUT2D eigenvalue weighted by atomic mass is 10.0. The summed E-state index contributed by atoms with van der Waals surface area (Å²) in [7, 11) is 0. The van der Waals surface area contributed by atoms with Crippen LogP contribution in [0.15, 0.2) is 48.7 Å². The molecule has 0 atom stereocenters. The van der Waals surface area contributed by atoms with Gasteiger partial charge in [0.15, 0.2) is 0 Å². The minimum Gasteiger partial charge on any atom is -0.478 e. The van der Waals surface area contributed by atoms with E-state index in [1.807, 2.05) is 30.5 Å². The van der Waals surface area contributed by atoms with Crippen molar-refractivity contribution in [2.75, 3.05) is 6.61 Å². The number of hydrogen-bond donors (Lipinski definition) is 3. The Morgan fingerprint density at radius 3 is 2.76 bits per heavy atom. The van der Waals surface area contributed by atoms with Crippen molar-refractivity contribution in [3.05, 3.63) is 59.8 Å². The third kappa shape index (κ3) is 2.53. The average molecular weight is 281 g/mol. The zero-order valence-electron chi connectivity index (χ0n) is 11.3. The first-order valence-corrected chi connectivity index (χ1v) is 6.73. The van der Waals surface area contributed by atoms with Crippen LogP contribution in [0.2, 0.25) is 0 Å². The monoisotopic (exact) mass is 281 g/mol. The molecular weight excluding hydrogens is 266 g/mol. The molecule has 0 radical (unpaired) electrons. The number of fused-ring (bicyclic) bond motifs is 1. The van der Waals surface area contributed by atoms with Gasteiger partial charge in [0.2, 0.25) is 0 Å². The lowest BCUT2D eigenvalue weighted by Crippen LogP contribution is -1.95. The quantitative estimate of drug-likeness (QED) is 0.688. The van der Waals surface area contributed by atoms with Crippen LogP contribution in [0.1, 0.15) is 15.9 Å². The summed E-state index contributed by atoms with van der Waals surface area (Å²) < 4.78 is 0. The van der Waals surface area contributed by atoms with Crippen LogP contribution in [0.3, 0.4) is 0 Å². The first-order chi connectivity index (χ1) is 10.2. The molecule has 0 amide bonds. The molecule has 4 nitrogen and oxygen atoms in total. The number of hydrogen-bond acceptors (Lipinski definition) is 2. The summed E-state index contributed by atoms with van der Waals surface area (Å²) >= 11 is 0. The number of benzene rings is 2. The van der Waals surface area contributed by atoms with Crippen LogP contribution in [-0.4, -0.2) is 27.8 Å². The SMILES string of the molecule is O=C(O)c1ccc2[nH]cc(-c3cccc(CCO)c3)c2c1. The van der Waals surface area contributed by atoms with Gasteiger partial charge in [-0.25, -0.2) is 4.79 Å². The van der Waals surface area contributed by atoms with Gasteiger partial charge in [-0.1, -0.05) is 24.3 Å². The van der Waals surface area contributed by atoms with Gasteiger partial charge in [-0.2, -0.15) is 0 Å². The largest absolute Gasteiger partial charge is 0.478 e. The van der Waals surface area contributed by atoms with Gasteiger partial charge in [0.1, 0.15) is 0 Å². The number of aliphatic hydroxyl groups is 1. The molecule has 0 aliphatic rings. The first kappa shape index (κ1) is 13.4. The highest BCUT2D eigenvalue weighted by Gasteiger charge is 2.10. The maximum absolute atomic E-state index is 11.1. The van der Waals surface area contributed by atoms with Crippen molar-refractivity contribution in [3.8, 4) is 11.1 Å². The number of nitrogens with one attached hydrogen (secondary N) is 1. The first-order valence-electron chi connectivity index (χ1n) is 6.73. The number of H-pyrrole nitrogens is 1. The zero-order chi connectivity index (χ0) is 14.8. The molecule has 106 valence electrons. The third-order valence-corrected chi connectivity index (χ3v) is 3.57. The second kappa shape index (κ2) is 5.42. The fourth-order valence-electron chi connectivity index (χ4n) is 2.52. The van der Waals surface area contributed by atoms with Crippen molar-refractivity contribution in [2.24, 2.45) is 0 Å². The summed E-state index contributed by atoms with van der Waals surface area (Å²) in [6.45, 7) is 0.112. The van der Waals surface area contributed by atoms with Crippen molar-refractivity contribution in [3.63, 3.8) is 0 Å². The molecule has 3 rings (SSSR count). The molecule has 0 saturated carbocycles. The minimum atomic E-state index is -0.932. The summed E-state index contributed by atoms with van der Waals surface area (Å²) in [5, 5.41) is 19.0. The zero-order valence-corrected chi connectivity index (χ0v) is 11.3. The van der Waals surface area contributed by atoms with Crippen molar-refractivity contribution >= 4 is 16.9 Å². The van der Waals surface area contributed by atoms with Crippen LogP contribution in [0, 0.1) is 0 Å². The van der Waals surface area contributed by atoms with Crippen molar-refractivity contribution in [1.29, 1.82) is 0 Å². The van der Waals surface area contributed by atoms with E-state index in [-0.39, 0.29) is 12.2 Å². The molecule has 0 fully saturated rings. The number of carboxylic acid groups (broad SMARTS) is 1. The van der Waals surface area contributed by atoms with Gasteiger partial charge < -0.3 is 15.2 Å². The van der Waals surface area contributed by atoms with Gasteiger partial charge in [0, 0.05) is 29.3 Å². The second-order valence-electron chi connectivity index (χ2n) is 4.94. The number of carbonyl (C=O) groups is 1. The molecule has 3 aromatic rings. The van der Waals surface area contributed by atoms with E-state index in [4.69, 9.17) is 10.2 Å². The Balaban J connectivity index is 2.13. The molecule has 2 aromatic carbocycles. The number of aromatic amines is 1. The van der Waals surface area contributed by atoms with Crippen LogP contribution >= 0.6 is 0 Å². The number of rotatable bonds is 4. The van der Waals surface area contributed by atoms with Crippen molar-refractivity contribution in [1.82, 2.24) is 4.98 Å². The molecule has 0 unspecified atom stereocenters. The Morgan fingerprint density at radius 2 is 2.00 bits per heavy atom. The van der Waals surface area contributed by atoms with Gasteiger partial charge in [-0.15, -0.1) is 0 Å². The predicted molar refractivity (Wildman–Crippen MR) is 81.5 cm³/mol. The molecule has 4 heteroatoms. The summed E-state index contributed by atoms with van der Waals surface area (Å²) in [6.07, 6.45) is 2.49. The van der Waals surface area contributed by atoms with Gasteiger partial charge in [0.25, 0.3) is 0 Å². The summed E-state index contributed by atoms with van der Waals surface area (Å²) in [4.78, 5) is 14.3. The van der Waals surface area contributed by atoms with Gasteiger partial charge in [-0.3, -0.25) is 0 Å². The Morgan fingerprint density at radius 1 is 1.14 bits per heavy atom. The molecule has 1 heterocycles. The van der Waals surface area contributed by atoms with Gasteiger partial charge in [-0.05, 0) is 35.7 Å². The molecule has 0 saturated heterocycles. The molecule has 0 bridgehead atoms. The Kier molecular flexibility index (Phi) is 3.46. The molecule has 0 spiro atoms. The second-order valence-corrected chi connectivity index (χ2v) is 4.94. The van der Waals surface area contributed by atoms with Gasteiger partial charge >= 0.3 is 5.97 Å². The summed E-state index contributed by atoms with van der Waals surface area (Å²) in [5.74, 6) is -0.932. The van der Waals surface area contributed by atoms with E-state index in [1.54, 1.807) is 18.2 Å². The highest BCUT2D eigenvalue weighted by atomic mass is 16.4. The minimum absolute atomic E-state index is 0.112. The van der Waals surface area contributed by atoms with Crippen molar-refractivity contribution < 1.29 is 15.0 Å². The van der Waals surface area contributed by atoms with E-state index in [9.17, 15) is 4.79 Å². The summed E-state index contributed by atoms with van der Waals surface area (Å²) in [6, 6.07) is 13.0. The van der Waals surface area contributed by atoms with E-state index < -0.39 is 5.97 Å². The van der Waals surface area contributed by atoms with Crippen LogP contribution in [0.25, 0.3) is 22.0 Å². The Bertz CT molecular complexity index is 805. The molecule has 0 aliphatic heterocycles. The molecule has 1 aromatic heterocycles.